The summed E-state index contributed by atoms with van der Waals surface area (Å²) in [5.74, 6) is 0.615. The molecule has 0 saturated carbocycles. The fourth-order valence-electron chi connectivity index (χ4n) is 8.13. The van der Waals surface area contributed by atoms with E-state index in [1.54, 1.807) is 0 Å². The average Bonchev–Trinajstić information content (AvgIpc) is 3.83. The molecule has 0 fully saturated rings. The molecule has 0 radical (unpaired) electrons. The third-order valence-corrected chi connectivity index (χ3v) is 10.9. The van der Waals surface area contributed by atoms with Gasteiger partial charge in [0.2, 0.25) is 0 Å². The lowest BCUT2D eigenvalue weighted by Gasteiger charge is -2.11. The van der Waals surface area contributed by atoms with E-state index in [1.807, 2.05) is 12.1 Å². The summed E-state index contributed by atoms with van der Waals surface area (Å²) in [6, 6.07) is 70.1. The Balaban J connectivity index is 1.11. The number of furan rings is 1. The van der Waals surface area contributed by atoms with Gasteiger partial charge in [0, 0.05) is 33.0 Å². The molecule has 11 aromatic rings. The van der Waals surface area contributed by atoms with Crippen LogP contribution in [-0.2, 0) is 0 Å². The first-order valence-electron chi connectivity index (χ1n) is 18.9. The molecule has 8 aromatic carbocycles. The minimum Gasteiger partial charge on any atom is -0.455 e. The fourth-order valence-corrected chi connectivity index (χ4v) is 8.13. The number of aromatic nitrogens is 3. The summed E-state index contributed by atoms with van der Waals surface area (Å²) in [6.07, 6.45) is 0. The SMILES string of the molecule is c1ccc(-c2ccc(-c3cc(-c4ccc(-c5ccccc5)cc4)nc(-c4cccc5c4oc4c5ccc5c4c4ccccc4n5-c4ccccc4)n3)cc2)cc1. The highest BCUT2D eigenvalue weighted by atomic mass is 16.3. The zero-order chi connectivity index (χ0) is 37.0. The molecule has 262 valence electrons. The van der Waals surface area contributed by atoms with Crippen molar-refractivity contribution < 1.29 is 4.42 Å². The Morgan fingerprint density at radius 1 is 0.357 bits per heavy atom. The van der Waals surface area contributed by atoms with Gasteiger partial charge in [-0.05, 0) is 64.7 Å². The van der Waals surface area contributed by atoms with Crippen LogP contribution in [0.5, 0.6) is 0 Å². The van der Waals surface area contributed by atoms with Gasteiger partial charge < -0.3 is 8.98 Å². The van der Waals surface area contributed by atoms with Crippen LogP contribution in [0.15, 0.2) is 205 Å². The number of hydrogen-bond donors (Lipinski definition) is 0. The fraction of sp³-hybridized carbons (Fsp3) is 0. The maximum absolute atomic E-state index is 7.04. The van der Waals surface area contributed by atoms with Crippen LogP contribution in [-0.4, -0.2) is 14.5 Å². The topological polar surface area (TPSA) is 43.9 Å². The molecule has 0 N–H and O–H groups in total. The largest absolute Gasteiger partial charge is 0.455 e. The molecular formula is C52H33N3O. The minimum absolute atomic E-state index is 0.615. The Labute approximate surface area is 323 Å². The molecule has 11 rings (SSSR count). The predicted octanol–water partition coefficient (Wildman–Crippen LogP) is 13.8. The van der Waals surface area contributed by atoms with E-state index < -0.39 is 0 Å². The summed E-state index contributed by atoms with van der Waals surface area (Å²) in [7, 11) is 0. The van der Waals surface area contributed by atoms with E-state index in [9.17, 15) is 0 Å². The third-order valence-electron chi connectivity index (χ3n) is 10.9. The van der Waals surface area contributed by atoms with Crippen molar-refractivity contribution in [3.8, 4) is 61.8 Å². The number of fused-ring (bicyclic) bond motifs is 7. The highest BCUT2D eigenvalue weighted by Gasteiger charge is 2.21. The Bertz CT molecular complexity index is 3100. The Kier molecular flexibility index (Phi) is 7.46. The highest BCUT2D eigenvalue weighted by molar-refractivity contribution is 6.24. The lowest BCUT2D eigenvalue weighted by Crippen LogP contribution is -1.96. The van der Waals surface area contributed by atoms with Crippen LogP contribution >= 0.6 is 0 Å². The van der Waals surface area contributed by atoms with Gasteiger partial charge in [-0.25, -0.2) is 9.97 Å². The molecule has 0 unspecified atom stereocenters. The van der Waals surface area contributed by atoms with Crippen molar-refractivity contribution >= 4 is 43.7 Å². The highest BCUT2D eigenvalue weighted by Crippen LogP contribution is 2.43. The standard InChI is InChI=1S/C52H33N3O/c1-4-13-34(14-5-1)36-23-27-38(28-24-36)45-33-46(39-29-25-37(26-30-39)35-15-6-2-7-16-35)54-52(53-45)44-21-12-20-41-42-31-32-48-49(51(42)56-50(41)44)43-19-10-11-22-47(43)55(48)40-17-8-3-9-18-40/h1-33H. The van der Waals surface area contributed by atoms with Crippen LogP contribution in [0.3, 0.4) is 0 Å². The summed E-state index contributed by atoms with van der Waals surface area (Å²) < 4.78 is 9.36. The molecule has 0 atom stereocenters. The first kappa shape index (κ1) is 31.9. The van der Waals surface area contributed by atoms with Gasteiger partial charge in [-0.1, -0.05) is 158 Å². The van der Waals surface area contributed by atoms with Gasteiger partial charge in [-0.3, -0.25) is 0 Å². The van der Waals surface area contributed by atoms with Crippen molar-refractivity contribution in [3.63, 3.8) is 0 Å². The lowest BCUT2D eigenvalue weighted by molar-refractivity contribution is 0.673. The minimum atomic E-state index is 0.615. The van der Waals surface area contributed by atoms with Gasteiger partial charge in [0.05, 0.1) is 33.4 Å². The molecule has 56 heavy (non-hydrogen) atoms. The summed E-state index contributed by atoms with van der Waals surface area (Å²) in [4.78, 5) is 10.5. The third kappa shape index (κ3) is 5.31. The molecule has 0 amide bonds. The maximum atomic E-state index is 7.04. The molecule has 3 aromatic heterocycles. The molecular weight excluding hydrogens is 683 g/mol. The van der Waals surface area contributed by atoms with Gasteiger partial charge in [0.1, 0.15) is 11.2 Å². The van der Waals surface area contributed by atoms with Crippen LogP contribution in [0.25, 0.3) is 106 Å². The Morgan fingerprint density at radius 3 is 1.48 bits per heavy atom. The zero-order valence-corrected chi connectivity index (χ0v) is 30.3. The molecule has 0 aliphatic rings. The number of rotatable bonds is 6. The second kappa shape index (κ2) is 13.1. The van der Waals surface area contributed by atoms with E-state index >= 15 is 0 Å². The van der Waals surface area contributed by atoms with Crippen LogP contribution in [0, 0.1) is 0 Å². The van der Waals surface area contributed by atoms with E-state index in [0.29, 0.717) is 5.82 Å². The number of benzene rings is 8. The maximum Gasteiger partial charge on any atom is 0.164 e. The van der Waals surface area contributed by atoms with Gasteiger partial charge in [0.25, 0.3) is 0 Å². The van der Waals surface area contributed by atoms with Crippen molar-refractivity contribution in [2.45, 2.75) is 0 Å². The Hall–Kier alpha value is -7.56. The molecule has 0 spiro atoms. The molecule has 4 nitrogen and oxygen atoms in total. The van der Waals surface area contributed by atoms with E-state index in [2.05, 4.69) is 193 Å². The number of hydrogen-bond acceptors (Lipinski definition) is 3. The van der Waals surface area contributed by atoms with Crippen LogP contribution in [0.4, 0.5) is 0 Å². The zero-order valence-electron chi connectivity index (χ0n) is 30.3. The van der Waals surface area contributed by atoms with Crippen molar-refractivity contribution in [1.29, 1.82) is 0 Å². The Morgan fingerprint density at radius 2 is 0.857 bits per heavy atom. The smallest absolute Gasteiger partial charge is 0.164 e. The van der Waals surface area contributed by atoms with Gasteiger partial charge >= 0.3 is 0 Å². The second-order valence-electron chi connectivity index (χ2n) is 14.2. The summed E-state index contributed by atoms with van der Waals surface area (Å²) in [5, 5.41) is 4.34. The molecule has 4 heteroatoms. The van der Waals surface area contributed by atoms with E-state index in [0.717, 1.165) is 88.6 Å². The van der Waals surface area contributed by atoms with E-state index in [-0.39, 0.29) is 0 Å². The number of nitrogens with zero attached hydrogens (tertiary/aromatic N) is 3. The molecule has 0 saturated heterocycles. The van der Waals surface area contributed by atoms with Crippen molar-refractivity contribution in [3.05, 3.63) is 200 Å². The predicted molar refractivity (Wildman–Crippen MR) is 231 cm³/mol. The van der Waals surface area contributed by atoms with Gasteiger partial charge in [-0.15, -0.1) is 0 Å². The van der Waals surface area contributed by atoms with E-state index in [1.165, 1.54) is 11.1 Å². The summed E-state index contributed by atoms with van der Waals surface area (Å²) in [5.41, 5.74) is 14.2. The van der Waals surface area contributed by atoms with Crippen LogP contribution < -0.4 is 0 Å². The average molecular weight is 716 g/mol. The summed E-state index contributed by atoms with van der Waals surface area (Å²) in [6.45, 7) is 0. The number of para-hydroxylation sites is 3. The molecule has 0 aliphatic heterocycles. The monoisotopic (exact) mass is 715 g/mol. The van der Waals surface area contributed by atoms with Crippen molar-refractivity contribution in [2.24, 2.45) is 0 Å². The van der Waals surface area contributed by atoms with Crippen LogP contribution in [0.2, 0.25) is 0 Å². The van der Waals surface area contributed by atoms with Crippen molar-refractivity contribution in [1.82, 2.24) is 14.5 Å². The van der Waals surface area contributed by atoms with Crippen LogP contribution in [0.1, 0.15) is 0 Å². The molecule has 0 bridgehead atoms. The first-order valence-corrected chi connectivity index (χ1v) is 18.9. The summed E-state index contributed by atoms with van der Waals surface area (Å²) >= 11 is 0. The molecule has 0 aliphatic carbocycles. The lowest BCUT2D eigenvalue weighted by atomic mass is 10.0. The molecule has 3 heterocycles. The second-order valence-corrected chi connectivity index (χ2v) is 14.2. The van der Waals surface area contributed by atoms with Gasteiger partial charge in [0.15, 0.2) is 5.82 Å². The normalized spacial score (nSPS) is 11.6. The quantitative estimate of drug-likeness (QED) is 0.172. The first-order chi connectivity index (χ1) is 27.8. The van der Waals surface area contributed by atoms with Gasteiger partial charge in [-0.2, -0.15) is 0 Å². The van der Waals surface area contributed by atoms with E-state index in [4.69, 9.17) is 14.4 Å². The van der Waals surface area contributed by atoms with Crippen molar-refractivity contribution in [2.75, 3.05) is 0 Å².